The van der Waals surface area contributed by atoms with Crippen molar-refractivity contribution < 1.29 is 17.2 Å². The van der Waals surface area contributed by atoms with Crippen LogP contribution in [-0.4, -0.2) is 24.7 Å². The van der Waals surface area contributed by atoms with Crippen molar-refractivity contribution in [1.29, 1.82) is 0 Å². The molecule has 0 radical (unpaired) electrons. The molecule has 6 nitrogen and oxygen atoms in total. The molecule has 8 heteroatoms. The minimum absolute atomic E-state index is 0.0960. The van der Waals surface area contributed by atoms with Gasteiger partial charge in [-0.3, -0.25) is 4.68 Å². The number of furan rings is 1. The number of hydrogen-bond donors (Lipinski definition) is 1. The highest BCUT2D eigenvalue weighted by Gasteiger charge is 2.20. The molecule has 0 bridgehead atoms. The van der Waals surface area contributed by atoms with Gasteiger partial charge in [0, 0.05) is 18.9 Å². The zero-order valence-electron chi connectivity index (χ0n) is 12.7. The number of aromatic nitrogens is 2. The summed E-state index contributed by atoms with van der Waals surface area (Å²) in [6.45, 7) is 0.0960. The number of halogens is 1. The first kappa shape index (κ1) is 16.4. The lowest BCUT2D eigenvalue weighted by atomic mass is 10.2. The van der Waals surface area contributed by atoms with E-state index in [0.717, 1.165) is 0 Å². The summed E-state index contributed by atoms with van der Waals surface area (Å²) >= 11 is 0. The minimum Gasteiger partial charge on any atom is -0.467 e. The van der Waals surface area contributed by atoms with Crippen molar-refractivity contribution >= 4 is 10.0 Å². The van der Waals surface area contributed by atoms with E-state index >= 15 is 0 Å². The largest absolute Gasteiger partial charge is 0.467 e. The lowest BCUT2D eigenvalue weighted by molar-refractivity contribution is 0.402. The number of sulfonamides is 1. The van der Waals surface area contributed by atoms with Crippen molar-refractivity contribution in [1.82, 2.24) is 14.5 Å². The molecule has 2 aromatic heterocycles. The highest BCUT2D eigenvalue weighted by atomic mass is 32.2. The number of rotatable bonds is 7. The Bertz CT molecular complexity index is 826. The van der Waals surface area contributed by atoms with E-state index in [2.05, 4.69) is 9.82 Å². The second-order valence-corrected chi connectivity index (χ2v) is 7.06. The Morgan fingerprint density at radius 1 is 1.21 bits per heavy atom. The van der Waals surface area contributed by atoms with Crippen LogP contribution >= 0.6 is 0 Å². The molecule has 24 heavy (non-hydrogen) atoms. The number of nitrogens with zero attached hydrogens (tertiary/aromatic N) is 2. The standard InChI is InChI=1S/C16H16FN3O3S/c17-14-6-4-13(5-7-14)12-24(21,22)19-11-15(16-3-1-10-23-16)20-9-2-8-18-20/h1-10,15,19H,11-12H2. The zero-order valence-corrected chi connectivity index (χ0v) is 13.5. The van der Waals surface area contributed by atoms with Crippen molar-refractivity contribution in [2.24, 2.45) is 0 Å². The lowest BCUT2D eigenvalue weighted by Crippen LogP contribution is -2.32. The Morgan fingerprint density at radius 2 is 2.00 bits per heavy atom. The van der Waals surface area contributed by atoms with Crippen LogP contribution in [-0.2, 0) is 15.8 Å². The lowest BCUT2D eigenvalue weighted by Gasteiger charge is -2.16. The quantitative estimate of drug-likeness (QED) is 0.710. The van der Waals surface area contributed by atoms with Gasteiger partial charge in [-0.15, -0.1) is 0 Å². The Balaban J connectivity index is 1.70. The van der Waals surface area contributed by atoms with Gasteiger partial charge in [-0.25, -0.2) is 17.5 Å². The molecule has 0 aliphatic rings. The SMILES string of the molecule is O=S(=O)(Cc1ccc(F)cc1)NCC(c1ccco1)n1cccn1. The molecule has 0 spiro atoms. The fraction of sp³-hybridized carbons (Fsp3) is 0.188. The first-order valence-electron chi connectivity index (χ1n) is 7.28. The third kappa shape index (κ3) is 4.09. The molecule has 0 saturated heterocycles. The van der Waals surface area contributed by atoms with Gasteiger partial charge in [-0.2, -0.15) is 5.10 Å². The molecule has 0 aliphatic heterocycles. The number of hydrogen-bond acceptors (Lipinski definition) is 4. The van der Waals surface area contributed by atoms with Gasteiger partial charge in [0.2, 0.25) is 10.0 Å². The second kappa shape index (κ2) is 6.98. The summed E-state index contributed by atoms with van der Waals surface area (Å²) in [5.41, 5.74) is 0.512. The maximum absolute atomic E-state index is 12.9. The van der Waals surface area contributed by atoms with Crippen LogP contribution in [0.2, 0.25) is 0 Å². The van der Waals surface area contributed by atoms with Crippen LogP contribution in [0.5, 0.6) is 0 Å². The van der Waals surface area contributed by atoms with Gasteiger partial charge >= 0.3 is 0 Å². The Labute approximate surface area is 139 Å². The summed E-state index contributed by atoms with van der Waals surface area (Å²) in [5.74, 6) is -0.0269. The Kier molecular flexibility index (Phi) is 4.77. The van der Waals surface area contributed by atoms with E-state index in [1.807, 2.05) is 0 Å². The fourth-order valence-corrected chi connectivity index (χ4v) is 3.47. The second-order valence-electron chi connectivity index (χ2n) is 5.25. The number of nitrogens with one attached hydrogen (secondary N) is 1. The van der Waals surface area contributed by atoms with Crippen LogP contribution in [0.4, 0.5) is 4.39 Å². The average Bonchev–Trinajstić information content (AvgIpc) is 3.23. The van der Waals surface area contributed by atoms with Crippen molar-refractivity contribution in [2.75, 3.05) is 6.54 Å². The van der Waals surface area contributed by atoms with E-state index < -0.39 is 21.9 Å². The van der Waals surface area contributed by atoms with Crippen LogP contribution in [0.15, 0.2) is 65.5 Å². The van der Waals surface area contributed by atoms with Crippen molar-refractivity contribution in [2.45, 2.75) is 11.8 Å². The van der Waals surface area contributed by atoms with Gasteiger partial charge in [0.05, 0.1) is 12.0 Å². The van der Waals surface area contributed by atoms with Gasteiger partial charge < -0.3 is 4.42 Å². The molecule has 0 aliphatic carbocycles. The van der Waals surface area contributed by atoms with Crippen LogP contribution in [0.3, 0.4) is 0 Å². The molecule has 0 saturated carbocycles. The molecule has 3 aromatic rings. The van der Waals surface area contributed by atoms with Gasteiger partial charge in [0.1, 0.15) is 17.6 Å². The van der Waals surface area contributed by atoms with Gasteiger partial charge in [-0.05, 0) is 35.9 Å². The van der Waals surface area contributed by atoms with E-state index in [0.29, 0.717) is 11.3 Å². The minimum atomic E-state index is -3.58. The highest BCUT2D eigenvalue weighted by molar-refractivity contribution is 7.88. The molecule has 1 N–H and O–H groups in total. The maximum Gasteiger partial charge on any atom is 0.215 e. The van der Waals surface area contributed by atoms with Gasteiger partial charge in [0.25, 0.3) is 0 Å². The average molecular weight is 349 g/mol. The normalized spacial score (nSPS) is 13.0. The third-order valence-electron chi connectivity index (χ3n) is 3.48. The molecular weight excluding hydrogens is 333 g/mol. The first-order chi connectivity index (χ1) is 11.5. The van der Waals surface area contributed by atoms with Gasteiger partial charge in [0.15, 0.2) is 0 Å². The Hall–Kier alpha value is -2.45. The highest BCUT2D eigenvalue weighted by Crippen LogP contribution is 2.18. The predicted octanol–water partition coefficient (Wildman–Crippen LogP) is 2.32. The third-order valence-corrected chi connectivity index (χ3v) is 4.80. The molecule has 1 atom stereocenters. The maximum atomic E-state index is 12.9. The van der Waals surface area contributed by atoms with Crippen LogP contribution in [0.25, 0.3) is 0 Å². The van der Waals surface area contributed by atoms with Crippen molar-refractivity contribution in [3.63, 3.8) is 0 Å². The van der Waals surface area contributed by atoms with E-state index in [1.54, 1.807) is 35.3 Å². The molecule has 2 heterocycles. The fourth-order valence-electron chi connectivity index (χ4n) is 2.33. The summed E-state index contributed by atoms with van der Waals surface area (Å²) < 4.78 is 47.0. The predicted molar refractivity (Wildman–Crippen MR) is 86.1 cm³/mol. The summed E-state index contributed by atoms with van der Waals surface area (Å²) in [6.07, 6.45) is 4.88. The van der Waals surface area contributed by atoms with Crippen LogP contribution in [0, 0.1) is 5.82 Å². The van der Waals surface area contributed by atoms with Crippen molar-refractivity contribution in [3.8, 4) is 0 Å². The monoisotopic (exact) mass is 349 g/mol. The number of benzene rings is 1. The Morgan fingerprint density at radius 3 is 2.62 bits per heavy atom. The molecule has 0 amide bonds. The molecule has 1 aromatic carbocycles. The van der Waals surface area contributed by atoms with E-state index in [-0.39, 0.29) is 12.3 Å². The molecular formula is C16H16FN3O3S. The van der Waals surface area contributed by atoms with E-state index in [4.69, 9.17) is 4.42 Å². The molecule has 3 rings (SSSR count). The van der Waals surface area contributed by atoms with Crippen molar-refractivity contribution in [3.05, 3.63) is 78.3 Å². The van der Waals surface area contributed by atoms with Crippen LogP contribution < -0.4 is 4.72 Å². The summed E-state index contributed by atoms with van der Waals surface area (Å²) in [6, 6.07) is 10.2. The zero-order chi connectivity index (χ0) is 17.0. The van der Waals surface area contributed by atoms with E-state index in [9.17, 15) is 12.8 Å². The summed E-state index contributed by atoms with van der Waals surface area (Å²) in [7, 11) is -3.58. The molecule has 126 valence electrons. The summed E-state index contributed by atoms with van der Waals surface area (Å²) in [4.78, 5) is 0. The molecule has 0 fully saturated rings. The first-order valence-corrected chi connectivity index (χ1v) is 8.93. The topological polar surface area (TPSA) is 77.1 Å². The van der Waals surface area contributed by atoms with E-state index in [1.165, 1.54) is 30.5 Å². The van der Waals surface area contributed by atoms with Crippen LogP contribution in [0.1, 0.15) is 17.4 Å². The summed E-state index contributed by atoms with van der Waals surface area (Å²) in [5, 5.41) is 4.15. The van der Waals surface area contributed by atoms with Gasteiger partial charge in [-0.1, -0.05) is 12.1 Å². The smallest absolute Gasteiger partial charge is 0.215 e. The molecule has 1 unspecified atom stereocenters.